The van der Waals surface area contributed by atoms with Crippen molar-refractivity contribution in [1.29, 1.82) is 0 Å². The Kier molecular flexibility index (Phi) is 11.2. The highest BCUT2D eigenvalue weighted by molar-refractivity contribution is 7.98. The molecule has 0 heterocycles. The fraction of sp³-hybridized carbons (Fsp3) is 0.462. The normalized spacial score (nSPS) is 12.6. The molecule has 1 N–H and O–H groups in total. The van der Waals surface area contributed by atoms with Crippen LogP contribution in [0, 0.1) is 0 Å². The summed E-state index contributed by atoms with van der Waals surface area (Å²) < 4.78 is 5.24. The number of ether oxygens (including phenoxy) is 1. The van der Waals surface area contributed by atoms with Crippen LogP contribution in [0.1, 0.15) is 51.2 Å². The summed E-state index contributed by atoms with van der Waals surface area (Å²) in [6.45, 7) is 6.38. The van der Waals surface area contributed by atoms with Gasteiger partial charge >= 0.3 is 0 Å². The van der Waals surface area contributed by atoms with Gasteiger partial charge in [-0.25, -0.2) is 0 Å². The number of rotatable bonds is 13. The number of benzene rings is 2. The maximum Gasteiger partial charge on any atom is 0.243 e. The van der Waals surface area contributed by atoms with Crippen LogP contribution in [0.25, 0.3) is 0 Å². The lowest BCUT2D eigenvalue weighted by molar-refractivity contribution is -0.141. The van der Waals surface area contributed by atoms with E-state index in [1.807, 2.05) is 63.2 Å². The quantitative estimate of drug-likeness (QED) is 0.429. The van der Waals surface area contributed by atoms with Crippen LogP contribution in [0.5, 0.6) is 5.75 Å². The third-order valence-corrected chi connectivity index (χ3v) is 6.50. The van der Waals surface area contributed by atoms with Crippen molar-refractivity contribution in [2.45, 2.75) is 64.4 Å². The average molecular weight is 457 g/mol. The number of hydrogen-bond donors (Lipinski definition) is 1. The summed E-state index contributed by atoms with van der Waals surface area (Å²) >= 11 is 1.74. The topological polar surface area (TPSA) is 58.6 Å². The molecular weight excluding hydrogens is 420 g/mol. The Balaban J connectivity index is 2.07. The van der Waals surface area contributed by atoms with Crippen molar-refractivity contribution in [2.24, 2.45) is 0 Å². The molecule has 2 aromatic carbocycles. The Labute approximate surface area is 196 Å². The minimum absolute atomic E-state index is 0.00697. The molecule has 2 amide bonds. The number of methoxy groups -OCH3 is 1. The van der Waals surface area contributed by atoms with E-state index >= 15 is 0 Å². The van der Waals surface area contributed by atoms with E-state index in [9.17, 15) is 9.59 Å². The Morgan fingerprint density at radius 2 is 1.69 bits per heavy atom. The second kappa shape index (κ2) is 13.8. The van der Waals surface area contributed by atoms with E-state index in [-0.39, 0.29) is 17.9 Å². The van der Waals surface area contributed by atoms with Crippen LogP contribution < -0.4 is 10.1 Å². The van der Waals surface area contributed by atoms with Gasteiger partial charge in [0.1, 0.15) is 11.8 Å². The molecule has 174 valence electrons. The molecule has 0 aliphatic heterocycles. The highest BCUT2D eigenvalue weighted by atomic mass is 32.2. The monoisotopic (exact) mass is 456 g/mol. The molecule has 6 heteroatoms. The van der Waals surface area contributed by atoms with E-state index in [0.29, 0.717) is 19.4 Å². The van der Waals surface area contributed by atoms with E-state index < -0.39 is 6.04 Å². The van der Waals surface area contributed by atoms with Crippen molar-refractivity contribution in [3.05, 3.63) is 65.7 Å². The number of nitrogens with zero attached hydrogens (tertiary/aromatic N) is 1. The van der Waals surface area contributed by atoms with E-state index in [0.717, 1.165) is 29.2 Å². The minimum Gasteiger partial charge on any atom is -0.497 e. The fourth-order valence-electron chi connectivity index (χ4n) is 3.36. The zero-order valence-electron chi connectivity index (χ0n) is 19.7. The second-order valence-corrected chi connectivity index (χ2v) is 9.01. The van der Waals surface area contributed by atoms with Gasteiger partial charge in [-0.1, -0.05) is 56.3 Å². The van der Waals surface area contributed by atoms with Crippen LogP contribution in [0.4, 0.5) is 0 Å². The Morgan fingerprint density at radius 1 is 1.00 bits per heavy atom. The van der Waals surface area contributed by atoms with E-state index in [1.165, 1.54) is 5.56 Å². The summed E-state index contributed by atoms with van der Waals surface area (Å²) in [5.41, 5.74) is 2.23. The van der Waals surface area contributed by atoms with Crippen LogP contribution in [-0.2, 0) is 21.9 Å². The number of thioether (sulfide) groups is 1. The predicted octanol–water partition coefficient (Wildman–Crippen LogP) is 5.04. The van der Waals surface area contributed by atoms with Gasteiger partial charge in [0.05, 0.1) is 7.11 Å². The summed E-state index contributed by atoms with van der Waals surface area (Å²) in [5, 5.41) is 3.05. The Morgan fingerprint density at radius 3 is 2.28 bits per heavy atom. The van der Waals surface area contributed by atoms with Gasteiger partial charge in [0.2, 0.25) is 11.8 Å². The van der Waals surface area contributed by atoms with Crippen molar-refractivity contribution in [1.82, 2.24) is 10.2 Å². The van der Waals surface area contributed by atoms with Gasteiger partial charge in [0, 0.05) is 30.5 Å². The molecule has 0 radical (unpaired) electrons. The number of amides is 2. The molecule has 2 rings (SSSR count). The standard InChI is InChI=1S/C26H36N2O3S/c1-5-20(3)27-26(30)24(6-2)28(18-21-12-14-23(31-4)15-13-21)25(29)16-17-32-19-22-10-8-7-9-11-22/h7-15,20,24H,5-6,16-19H2,1-4H3,(H,27,30)/t20-,24-/m1/s1. The van der Waals surface area contributed by atoms with Crippen molar-refractivity contribution in [3.8, 4) is 5.75 Å². The molecule has 0 spiro atoms. The van der Waals surface area contributed by atoms with E-state index in [2.05, 4.69) is 17.4 Å². The Bertz CT molecular complexity index is 827. The first-order valence-corrected chi connectivity index (χ1v) is 12.5. The highest BCUT2D eigenvalue weighted by Gasteiger charge is 2.28. The molecule has 0 aliphatic carbocycles. The third kappa shape index (κ3) is 8.23. The second-order valence-electron chi connectivity index (χ2n) is 7.90. The maximum atomic E-state index is 13.3. The first-order valence-electron chi connectivity index (χ1n) is 11.3. The summed E-state index contributed by atoms with van der Waals surface area (Å²) in [6, 6.07) is 17.5. The molecule has 2 aromatic rings. The maximum absolute atomic E-state index is 13.3. The number of carbonyl (C=O) groups is 2. The number of hydrogen-bond acceptors (Lipinski definition) is 4. The lowest BCUT2D eigenvalue weighted by atomic mass is 10.1. The van der Waals surface area contributed by atoms with Crippen molar-refractivity contribution < 1.29 is 14.3 Å². The molecule has 0 saturated carbocycles. The van der Waals surface area contributed by atoms with Gasteiger partial charge in [-0.3, -0.25) is 9.59 Å². The first kappa shape index (κ1) is 25.8. The number of nitrogens with one attached hydrogen (secondary N) is 1. The third-order valence-electron chi connectivity index (χ3n) is 5.47. The highest BCUT2D eigenvalue weighted by Crippen LogP contribution is 2.19. The van der Waals surface area contributed by atoms with Crippen molar-refractivity contribution in [3.63, 3.8) is 0 Å². The molecule has 0 fully saturated rings. The summed E-state index contributed by atoms with van der Waals surface area (Å²) in [6.07, 6.45) is 1.83. The molecule has 0 saturated heterocycles. The lowest BCUT2D eigenvalue weighted by Gasteiger charge is -2.31. The molecule has 0 unspecified atom stereocenters. The van der Waals surface area contributed by atoms with E-state index in [4.69, 9.17) is 4.74 Å². The molecular formula is C26H36N2O3S. The van der Waals surface area contributed by atoms with Crippen LogP contribution in [-0.4, -0.2) is 41.7 Å². The number of carbonyl (C=O) groups excluding carboxylic acids is 2. The summed E-state index contributed by atoms with van der Waals surface area (Å²) in [5.74, 6) is 2.29. The van der Waals surface area contributed by atoms with Crippen LogP contribution in [0.2, 0.25) is 0 Å². The van der Waals surface area contributed by atoms with Gasteiger partial charge in [-0.15, -0.1) is 0 Å². The van der Waals surface area contributed by atoms with Crippen LogP contribution >= 0.6 is 11.8 Å². The summed E-state index contributed by atoms with van der Waals surface area (Å²) in [7, 11) is 1.63. The molecule has 32 heavy (non-hydrogen) atoms. The predicted molar refractivity (Wildman–Crippen MR) is 133 cm³/mol. The molecule has 0 aliphatic rings. The first-order chi connectivity index (χ1) is 15.5. The summed E-state index contributed by atoms with van der Waals surface area (Å²) in [4.78, 5) is 28.0. The van der Waals surface area contributed by atoms with Gasteiger partial charge in [-0.2, -0.15) is 11.8 Å². The minimum atomic E-state index is -0.488. The van der Waals surface area contributed by atoms with Crippen molar-refractivity contribution in [2.75, 3.05) is 12.9 Å². The largest absolute Gasteiger partial charge is 0.497 e. The zero-order chi connectivity index (χ0) is 23.3. The van der Waals surface area contributed by atoms with Gasteiger partial charge < -0.3 is 15.0 Å². The molecule has 2 atom stereocenters. The van der Waals surface area contributed by atoms with Gasteiger partial charge in [0.25, 0.3) is 0 Å². The molecule has 5 nitrogen and oxygen atoms in total. The smallest absolute Gasteiger partial charge is 0.243 e. The lowest BCUT2D eigenvalue weighted by Crippen LogP contribution is -2.50. The van der Waals surface area contributed by atoms with Crippen LogP contribution in [0.15, 0.2) is 54.6 Å². The average Bonchev–Trinajstić information content (AvgIpc) is 2.82. The van der Waals surface area contributed by atoms with Crippen molar-refractivity contribution >= 4 is 23.6 Å². The van der Waals surface area contributed by atoms with Gasteiger partial charge in [-0.05, 0) is 43.0 Å². The molecule has 0 aromatic heterocycles. The van der Waals surface area contributed by atoms with Gasteiger partial charge in [0.15, 0.2) is 0 Å². The Hall–Kier alpha value is -2.47. The zero-order valence-corrected chi connectivity index (χ0v) is 20.5. The van der Waals surface area contributed by atoms with E-state index in [1.54, 1.807) is 23.8 Å². The SMILES string of the molecule is CC[C@@H](C)NC(=O)[C@@H](CC)N(Cc1ccc(OC)cc1)C(=O)CCSCc1ccccc1. The van der Waals surface area contributed by atoms with Crippen LogP contribution in [0.3, 0.4) is 0 Å². The molecule has 0 bridgehead atoms. The fourth-order valence-corrected chi connectivity index (χ4v) is 4.25.